The van der Waals surface area contributed by atoms with E-state index in [4.69, 9.17) is 0 Å². The average Bonchev–Trinajstić information content (AvgIpc) is 2.38. The SMILES string of the molecule is O=C(Oc1ccc2c(C(F)F)ccc(O)c2n1)C(F)(F)F. The van der Waals surface area contributed by atoms with E-state index < -0.39 is 35.8 Å². The van der Waals surface area contributed by atoms with Crippen LogP contribution in [-0.4, -0.2) is 22.2 Å². The molecule has 1 N–H and O–H groups in total. The average molecular weight is 307 g/mol. The summed E-state index contributed by atoms with van der Waals surface area (Å²) in [7, 11) is 0. The molecule has 0 saturated carbocycles. The molecule has 0 radical (unpaired) electrons. The highest BCUT2D eigenvalue weighted by atomic mass is 19.4. The first-order valence-electron chi connectivity index (χ1n) is 5.40. The number of benzene rings is 1. The van der Waals surface area contributed by atoms with Crippen LogP contribution in [-0.2, 0) is 4.79 Å². The lowest BCUT2D eigenvalue weighted by atomic mass is 10.1. The van der Waals surface area contributed by atoms with Crippen LogP contribution in [0.2, 0.25) is 0 Å². The van der Waals surface area contributed by atoms with Crippen LogP contribution in [0.1, 0.15) is 12.0 Å². The summed E-state index contributed by atoms with van der Waals surface area (Å²) in [5, 5.41) is 9.37. The van der Waals surface area contributed by atoms with Crippen molar-refractivity contribution in [3.63, 3.8) is 0 Å². The molecule has 0 spiro atoms. The number of alkyl halides is 5. The Balaban J connectivity index is 2.47. The summed E-state index contributed by atoms with van der Waals surface area (Å²) in [6.45, 7) is 0. The minimum atomic E-state index is -5.22. The summed E-state index contributed by atoms with van der Waals surface area (Å²) in [6, 6.07) is 3.71. The molecule has 2 aromatic rings. The monoisotopic (exact) mass is 307 g/mol. The molecule has 0 aliphatic heterocycles. The Kier molecular flexibility index (Phi) is 3.67. The predicted molar refractivity (Wildman–Crippen MR) is 60.1 cm³/mol. The normalized spacial score (nSPS) is 11.9. The first-order valence-corrected chi connectivity index (χ1v) is 5.40. The van der Waals surface area contributed by atoms with Crippen LogP contribution in [0, 0.1) is 0 Å². The maximum atomic E-state index is 12.8. The second-order valence-corrected chi connectivity index (χ2v) is 3.91. The van der Waals surface area contributed by atoms with Gasteiger partial charge in [-0.1, -0.05) is 0 Å². The van der Waals surface area contributed by atoms with Gasteiger partial charge < -0.3 is 9.84 Å². The van der Waals surface area contributed by atoms with Gasteiger partial charge >= 0.3 is 12.1 Å². The zero-order valence-corrected chi connectivity index (χ0v) is 9.99. The Hall–Kier alpha value is -2.45. The third-order valence-electron chi connectivity index (χ3n) is 2.51. The summed E-state index contributed by atoms with van der Waals surface area (Å²) in [5.41, 5.74) is -0.843. The van der Waals surface area contributed by atoms with Gasteiger partial charge in [0.2, 0.25) is 5.88 Å². The summed E-state index contributed by atoms with van der Waals surface area (Å²) in [6.07, 6.45) is -8.08. The fourth-order valence-electron chi connectivity index (χ4n) is 1.61. The molecule has 21 heavy (non-hydrogen) atoms. The summed E-state index contributed by atoms with van der Waals surface area (Å²) in [4.78, 5) is 14.1. The van der Waals surface area contributed by atoms with Gasteiger partial charge in [0.15, 0.2) is 0 Å². The smallest absolute Gasteiger partial charge is 0.491 e. The Morgan fingerprint density at radius 2 is 1.86 bits per heavy atom. The van der Waals surface area contributed by atoms with E-state index in [0.717, 1.165) is 24.3 Å². The highest BCUT2D eigenvalue weighted by molar-refractivity contribution is 5.88. The van der Waals surface area contributed by atoms with Crippen molar-refractivity contribution in [1.29, 1.82) is 0 Å². The van der Waals surface area contributed by atoms with Crippen molar-refractivity contribution in [3.05, 3.63) is 29.8 Å². The van der Waals surface area contributed by atoms with Crippen LogP contribution in [0.25, 0.3) is 10.9 Å². The van der Waals surface area contributed by atoms with E-state index in [1.54, 1.807) is 0 Å². The standard InChI is InChI=1S/C12H6F5NO3/c13-10(14)6-1-3-7(19)9-5(6)2-4-8(18-9)21-11(20)12(15,16)17/h1-4,10,19H. The number of pyridine rings is 1. The van der Waals surface area contributed by atoms with Crippen molar-refractivity contribution >= 4 is 16.9 Å². The van der Waals surface area contributed by atoms with Gasteiger partial charge in [-0.3, -0.25) is 0 Å². The molecule has 0 unspecified atom stereocenters. The van der Waals surface area contributed by atoms with Gasteiger partial charge in [-0.15, -0.1) is 0 Å². The number of phenolic OH excluding ortho intramolecular Hbond substituents is 1. The lowest BCUT2D eigenvalue weighted by molar-refractivity contribution is -0.189. The van der Waals surface area contributed by atoms with Crippen molar-refractivity contribution in [2.45, 2.75) is 12.6 Å². The fraction of sp³-hybridized carbons (Fsp3) is 0.167. The fourth-order valence-corrected chi connectivity index (χ4v) is 1.61. The molecule has 0 aliphatic carbocycles. The summed E-state index contributed by atoms with van der Waals surface area (Å²) < 4.78 is 65.6. The number of esters is 1. The lowest BCUT2D eigenvalue weighted by Crippen LogP contribution is -2.28. The molecular weight excluding hydrogens is 301 g/mol. The number of carbonyl (C=O) groups excluding carboxylic acids is 1. The molecule has 0 aliphatic rings. The van der Waals surface area contributed by atoms with E-state index >= 15 is 0 Å². The molecule has 0 fully saturated rings. The minimum absolute atomic E-state index is 0.156. The van der Waals surface area contributed by atoms with Crippen LogP contribution in [0.3, 0.4) is 0 Å². The molecule has 9 heteroatoms. The maximum absolute atomic E-state index is 12.8. The number of aromatic nitrogens is 1. The Bertz CT molecular complexity index is 699. The molecule has 2 rings (SSSR count). The number of hydrogen-bond donors (Lipinski definition) is 1. The predicted octanol–water partition coefficient (Wildman–Crippen LogP) is 3.35. The molecule has 4 nitrogen and oxygen atoms in total. The number of carbonyl (C=O) groups is 1. The molecule has 1 heterocycles. The second-order valence-electron chi connectivity index (χ2n) is 3.91. The number of fused-ring (bicyclic) bond motifs is 1. The van der Waals surface area contributed by atoms with Gasteiger partial charge in [-0.05, 0) is 18.2 Å². The summed E-state index contributed by atoms with van der Waals surface area (Å²) in [5.74, 6) is -3.79. The van der Waals surface area contributed by atoms with Gasteiger partial charge in [-0.25, -0.2) is 18.6 Å². The first-order chi connectivity index (χ1) is 9.70. The van der Waals surface area contributed by atoms with E-state index in [1.807, 2.05) is 0 Å². The van der Waals surface area contributed by atoms with Gasteiger partial charge in [0, 0.05) is 17.0 Å². The van der Waals surface area contributed by atoms with Crippen molar-refractivity contribution in [3.8, 4) is 11.6 Å². The molecule has 1 aromatic heterocycles. The van der Waals surface area contributed by atoms with Crippen molar-refractivity contribution in [2.24, 2.45) is 0 Å². The largest absolute Gasteiger partial charge is 0.506 e. The highest BCUT2D eigenvalue weighted by Gasteiger charge is 2.41. The van der Waals surface area contributed by atoms with Gasteiger partial charge in [0.25, 0.3) is 6.43 Å². The van der Waals surface area contributed by atoms with Crippen LogP contribution in [0.4, 0.5) is 22.0 Å². The van der Waals surface area contributed by atoms with Gasteiger partial charge in [0.1, 0.15) is 11.3 Å². The molecule has 1 aromatic carbocycles. The Labute approximate surface area is 113 Å². The first kappa shape index (κ1) is 14.9. The maximum Gasteiger partial charge on any atom is 0.491 e. The topological polar surface area (TPSA) is 59.4 Å². The number of rotatable bonds is 2. The quantitative estimate of drug-likeness (QED) is 0.683. The molecule has 0 saturated heterocycles. The second kappa shape index (κ2) is 5.15. The number of phenols is 1. The van der Waals surface area contributed by atoms with E-state index in [0.29, 0.717) is 0 Å². The molecule has 0 bridgehead atoms. The molecular formula is C12H6F5NO3. The Morgan fingerprint density at radius 3 is 2.43 bits per heavy atom. The number of ether oxygens (including phenoxy) is 1. The van der Waals surface area contributed by atoms with Crippen LogP contribution in [0.15, 0.2) is 24.3 Å². The zero-order chi connectivity index (χ0) is 15.8. The number of nitrogens with zero attached hydrogens (tertiary/aromatic N) is 1. The summed E-state index contributed by atoms with van der Waals surface area (Å²) >= 11 is 0. The van der Waals surface area contributed by atoms with Crippen LogP contribution < -0.4 is 4.74 Å². The number of halogens is 5. The van der Waals surface area contributed by atoms with Gasteiger partial charge in [-0.2, -0.15) is 13.2 Å². The van der Waals surface area contributed by atoms with Crippen molar-refractivity contribution in [2.75, 3.05) is 0 Å². The Morgan fingerprint density at radius 1 is 1.19 bits per heavy atom. The molecule has 112 valence electrons. The zero-order valence-electron chi connectivity index (χ0n) is 9.99. The molecule has 0 atom stereocenters. The van der Waals surface area contributed by atoms with Gasteiger partial charge in [0.05, 0.1) is 0 Å². The minimum Gasteiger partial charge on any atom is -0.506 e. The van der Waals surface area contributed by atoms with E-state index in [-0.39, 0.29) is 10.9 Å². The number of hydrogen-bond acceptors (Lipinski definition) is 4. The third kappa shape index (κ3) is 3.01. The lowest BCUT2D eigenvalue weighted by Gasteiger charge is -2.09. The van der Waals surface area contributed by atoms with E-state index in [2.05, 4.69) is 9.72 Å². The highest BCUT2D eigenvalue weighted by Crippen LogP contribution is 2.33. The van der Waals surface area contributed by atoms with E-state index in [9.17, 15) is 31.9 Å². The van der Waals surface area contributed by atoms with Crippen LogP contribution >= 0.6 is 0 Å². The molecule has 0 amide bonds. The van der Waals surface area contributed by atoms with Crippen molar-refractivity contribution in [1.82, 2.24) is 4.98 Å². The third-order valence-corrected chi connectivity index (χ3v) is 2.51. The van der Waals surface area contributed by atoms with Crippen molar-refractivity contribution < 1.29 is 36.6 Å². The van der Waals surface area contributed by atoms with Crippen LogP contribution in [0.5, 0.6) is 11.6 Å². The van der Waals surface area contributed by atoms with E-state index in [1.165, 1.54) is 0 Å². The number of aromatic hydroxyl groups is 1.